The van der Waals surface area contributed by atoms with Gasteiger partial charge in [0.25, 0.3) is 0 Å². The molecule has 2 atom stereocenters. The molecule has 4 heteroatoms. The Kier molecular flexibility index (Phi) is 4.17. The van der Waals surface area contributed by atoms with Crippen molar-refractivity contribution in [2.45, 2.75) is 26.0 Å². The second-order valence-corrected chi connectivity index (χ2v) is 5.57. The van der Waals surface area contributed by atoms with Crippen molar-refractivity contribution >= 4 is 15.9 Å². The Balaban J connectivity index is 2.04. The van der Waals surface area contributed by atoms with E-state index in [0.717, 1.165) is 31.6 Å². The van der Waals surface area contributed by atoms with E-state index in [1.807, 2.05) is 6.07 Å². The van der Waals surface area contributed by atoms with Gasteiger partial charge in [-0.3, -0.25) is 4.90 Å². The van der Waals surface area contributed by atoms with E-state index < -0.39 is 0 Å². The molecule has 0 aliphatic carbocycles. The number of piperidine rings is 1. The number of rotatable bonds is 2. The van der Waals surface area contributed by atoms with Crippen LogP contribution in [0.5, 0.6) is 0 Å². The van der Waals surface area contributed by atoms with Gasteiger partial charge in [0, 0.05) is 19.6 Å². The minimum absolute atomic E-state index is 0.192. The van der Waals surface area contributed by atoms with E-state index in [9.17, 15) is 9.50 Å². The lowest BCUT2D eigenvalue weighted by Gasteiger charge is -2.34. The predicted molar refractivity (Wildman–Crippen MR) is 69.2 cm³/mol. The molecule has 1 aromatic rings. The van der Waals surface area contributed by atoms with E-state index in [-0.39, 0.29) is 17.8 Å². The highest BCUT2D eigenvalue weighted by atomic mass is 79.9. The normalized spacial score (nSPS) is 26.1. The molecular formula is C13H17BrFNO. The average molecular weight is 302 g/mol. The molecule has 0 bridgehead atoms. The Bertz CT molecular complexity index is 399. The molecular weight excluding hydrogens is 285 g/mol. The van der Waals surface area contributed by atoms with E-state index in [0.29, 0.717) is 4.47 Å². The van der Waals surface area contributed by atoms with Gasteiger partial charge in [-0.1, -0.05) is 19.1 Å². The maximum absolute atomic E-state index is 13.4. The minimum atomic E-state index is -0.215. The van der Waals surface area contributed by atoms with Crippen LogP contribution in [-0.4, -0.2) is 29.2 Å². The molecule has 2 nitrogen and oxygen atoms in total. The van der Waals surface area contributed by atoms with Gasteiger partial charge in [-0.2, -0.15) is 0 Å². The number of halogens is 2. The summed E-state index contributed by atoms with van der Waals surface area (Å²) in [6, 6.07) is 5.12. The largest absolute Gasteiger partial charge is 0.393 e. The number of aliphatic hydroxyl groups is 1. The Morgan fingerprint density at radius 1 is 1.53 bits per heavy atom. The Labute approximate surface area is 110 Å². The van der Waals surface area contributed by atoms with Crippen LogP contribution >= 0.6 is 15.9 Å². The summed E-state index contributed by atoms with van der Waals surface area (Å²) in [5.41, 5.74) is 0.966. The monoisotopic (exact) mass is 301 g/mol. The SMILES string of the molecule is CC1CN(Cc2cccc(F)c2Br)CCC1O. The van der Waals surface area contributed by atoms with Crippen LogP contribution in [-0.2, 0) is 6.54 Å². The molecule has 1 aliphatic heterocycles. The molecule has 0 saturated carbocycles. The number of benzene rings is 1. The van der Waals surface area contributed by atoms with E-state index in [1.165, 1.54) is 6.07 Å². The standard InChI is InChI=1S/C13H17BrFNO/c1-9-7-16(6-5-12(9)17)8-10-3-2-4-11(15)13(10)14/h2-4,9,12,17H,5-8H2,1H3. The van der Waals surface area contributed by atoms with Gasteiger partial charge in [0.05, 0.1) is 10.6 Å². The quantitative estimate of drug-likeness (QED) is 0.908. The number of hydrogen-bond donors (Lipinski definition) is 1. The van der Waals surface area contributed by atoms with E-state index in [4.69, 9.17) is 0 Å². The minimum Gasteiger partial charge on any atom is -0.393 e. The zero-order chi connectivity index (χ0) is 12.4. The van der Waals surface area contributed by atoms with Crippen LogP contribution in [0.25, 0.3) is 0 Å². The molecule has 0 aromatic heterocycles. The molecule has 2 unspecified atom stereocenters. The van der Waals surface area contributed by atoms with Crippen molar-refractivity contribution in [1.82, 2.24) is 4.90 Å². The first-order valence-corrected chi connectivity index (χ1v) is 6.70. The zero-order valence-corrected chi connectivity index (χ0v) is 11.5. The Morgan fingerprint density at radius 3 is 3.00 bits per heavy atom. The van der Waals surface area contributed by atoms with Crippen molar-refractivity contribution < 1.29 is 9.50 Å². The molecule has 0 radical (unpaired) electrons. The van der Waals surface area contributed by atoms with Crippen molar-refractivity contribution in [3.8, 4) is 0 Å². The Hall–Kier alpha value is -0.450. The Morgan fingerprint density at radius 2 is 2.29 bits per heavy atom. The number of aliphatic hydroxyl groups excluding tert-OH is 1. The van der Waals surface area contributed by atoms with E-state index in [2.05, 4.69) is 27.8 Å². The summed E-state index contributed by atoms with van der Waals surface area (Å²) in [6.07, 6.45) is 0.607. The molecule has 0 amide bonds. The summed E-state index contributed by atoms with van der Waals surface area (Å²) in [4.78, 5) is 2.26. The highest BCUT2D eigenvalue weighted by molar-refractivity contribution is 9.10. The van der Waals surface area contributed by atoms with Crippen LogP contribution in [0.4, 0.5) is 4.39 Å². The summed E-state index contributed by atoms with van der Waals surface area (Å²) < 4.78 is 13.9. The molecule has 17 heavy (non-hydrogen) atoms. The third-order valence-electron chi connectivity index (χ3n) is 3.37. The number of likely N-dealkylation sites (tertiary alicyclic amines) is 1. The highest BCUT2D eigenvalue weighted by Gasteiger charge is 2.24. The average Bonchev–Trinajstić information content (AvgIpc) is 2.30. The van der Waals surface area contributed by atoms with Gasteiger partial charge >= 0.3 is 0 Å². The zero-order valence-electron chi connectivity index (χ0n) is 9.87. The molecule has 1 fully saturated rings. The fourth-order valence-electron chi connectivity index (χ4n) is 2.27. The molecule has 1 saturated heterocycles. The van der Waals surface area contributed by atoms with Crippen molar-refractivity contribution in [3.05, 3.63) is 34.1 Å². The molecule has 2 rings (SSSR count). The fourth-order valence-corrected chi connectivity index (χ4v) is 2.66. The first kappa shape index (κ1) is 13.0. The van der Waals surface area contributed by atoms with Gasteiger partial charge in [-0.25, -0.2) is 4.39 Å². The second kappa shape index (κ2) is 5.46. The third-order valence-corrected chi connectivity index (χ3v) is 4.26. The highest BCUT2D eigenvalue weighted by Crippen LogP contribution is 2.24. The summed E-state index contributed by atoms with van der Waals surface area (Å²) >= 11 is 3.28. The van der Waals surface area contributed by atoms with Crippen molar-refractivity contribution in [3.63, 3.8) is 0 Å². The summed E-state index contributed by atoms with van der Waals surface area (Å²) in [7, 11) is 0. The lowest BCUT2D eigenvalue weighted by molar-refractivity contribution is 0.0319. The lowest BCUT2D eigenvalue weighted by atomic mass is 9.96. The second-order valence-electron chi connectivity index (χ2n) is 4.78. The van der Waals surface area contributed by atoms with Gasteiger partial charge in [0.2, 0.25) is 0 Å². The maximum atomic E-state index is 13.4. The maximum Gasteiger partial charge on any atom is 0.137 e. The van der Waals surface area contributed by atoms with E-state index >= 15 is 0 Å². The van der Waals surface area contributed by atoms with E-state index in [1.54, 1.807) is 6.07 Å². The van der Waals surface area contributed by atoms with Crippen molar-refractivity contribution in [1.29, 1.82) is 0 Å². The van der Waals surface area contributed by atoms with Crippen LogP contribution in [0.1, 0.15) is 18.9 Å². The van der Waals surface area contributed by atoms with Crippen LogP contribution in [0.15, 0.2) is 22.7 Å². The number of nitrogens with zero attached hydrogens (tertiary/aromatic N) is 1. The molecule has 1 heterocycles. The number of hydrogen-bond acceptors (Lipinski definition) is 2. The lowest BCUT2D eigenvalue weighted by Crippen LogP contribution is -2.41. The first-order valence-electron chi connectivity index (χ1n) is 5.91. The van der Waals surface area contributed by atoms with Gasteiger partial charge in [-0.15, -0.1) is 0 Å². The van der Waals surface area contributed by atoms with Crippen LogP contribution in [0.3, 0.4) is 0 Å². The molecule has 1 N–H and O–H groups in total. The van der Waals surface area contributed by atoms with Gasteiger partial charge < -0.3 is 5.11 Å². The van der Waals surface area contributed by atoms with Crippen molar-refractivity contribution in [2.24, 2.45) is 5.92 Å². The molecule has 1 aromatic carbocycles. The summed E-state index contributed by atoms with van der Waals surface area (Å²) in [5, 5.41) is 9.66. The van der Waals surface area contributed by atoms with Crippen LogP contribution in [0, 0.1) is 11.7 Å². The van der Waals surface area contributed by atoms with Gasteiger partial charge in [0.1, 0.15) is 5.82 Å². The topological polar surface area (TPSA) is 23.5 Å². The van der Waals surface area contributed by atoms with Crippen molar-refractivity contribution in [2.75, 3.05) is 13.1 Å². The predicted octanol–water partition coefficient (Wildman–Crippen LogP) is 2.79. The first-order chi connectivity index (χ1) is 8.08. The summed E-state index contributed by atoms with van der Waals surface area (Å²) in [6.45, 7) is 4.52. The van der Waals surface area contributed by atoms with Gasteiger partial charge in [-0.05, 0) is 39.9 Å². The fraction of sp³-hybridized carbons (Fsp3) is 0.538. The molecule has 94 valence electrons. The summed E-state index contributed by atoms with van der Waals surface area (Å²) in [5.74, 6) is 0.0728. The smallest absolute Gasteiger partial charge is 0.137 e. The molecule has 1 aliphatic rings. The third kappa shape index (κ3) is 3.06. The van der Waals surface area contributed by atoms with Gasteiger partial charge in [0.15, 0.2) is 0 Å². The van der Waals surface area contributed by atoms with Crippen LogP contribution < -0.4 is 0 Å². The molecule has 0 spiro atoms. The van der Waals surface area contributed by atoms with Crippen LogP contribution in [0.2, 0.25) is 0 Å².